The van der Waals surface area contributed by atoms with Crippen molar-refractivity contribution < 1.29 is 8.78 Å². The number of hydrogen-bond donors (Lipinski definition) is 1. The number of nitrogens with zero attached hydrogens (tertiary/aromatic N) is 1. The average Bonchev–Trinajstić information content (AvgIpc) is 2.65. The second-order valence-electron chi connectivity index (χ2n) is 4.29. The van der Waals surface area contributed by atoms with Crippen molar-refractivity contribution in [3.63, 3.8) is 0 Å². The highest BCUT2D eigenvalue weighted by atomic mass is 79.9. The molecule has 2 aromatic rings. The van der Waals surface area contributed by atoms with Crippen LogP contribution in [0.3, 0.4) is 0 Å². The number of benzene rings is 1. The molecule has 2 nitrogen and oxygen atoms in total. The Balaban J connectivity index is 2.26. The highest BCUT2D eigenvalue weighted by Crippen LogP contribution is 2.30. The molecule has 0 spiro atoms. The lowest BCUT2D eigenvalue weighted by Gasteiger charge is -2.15. The first-order valence-corrected chi connectivity index (χ1v) is 7.34. The van der Waals surface area contributed by atoms with Crippen LogP contribution in [0.2, 0.25) is 0 Å². The van der Waals surface area contributed by atoms with Gasteiger partial charge in [-0.3, -0.25) is 0 Å². The third-order valence-electron chi connectivity index (χ3n) is 2.71. The van der Waals surface area contributed by atoms with Crippen LogP contribution in [-0.4, -0.2) is 4.98 Å². The minimum Gasteiger partial charge on any atom is -0.375 e. The predicted octanol–water partition coefficient (Wildman–Crippen LogP) is 4.97. The molecule has 0 aliphatic rings. The van der Waals surface area contributed by atoms with Crippen LogP contribution >= 0.6 is 27.3 Å². The van der Waals surface area contributed by atoms with Crippen LogP contribution in [0, 0.1) is 25.5 Å². The molecule has 19 heavy (non-hydrogen) atoms. The van der Waals surface area contributed by atoms with Gasteiger partial charge in [0.1, 0.15) is 11.6 Å². The molecule has 1 heterocycles. The standard InChI is InChI=1S/C13H13BrF2N2S/c1-6-13(19-8(3)17-6)7(2)18-12-5-10(15)9(14)4-11(12)16/h4-5,7,18H,1-3H3. The van der Waals surface area contributed by atoms with Gasteiger partial charge in [0, 0.05) is 10.9 Å². The van der Waals surface area contributed by atoms with Gasteiger partial charge < -0.3 is 5.32 Å². The summed E-state index contributed by atoms with van der Waals surface area (Å²) < 4.78 is 27.3. The lowest BCUT2D eigenvalue weighted by atomic mass is 10.2. The molecular weight excluding hydrogens is 334 g/mol. The van der Waals surface area contributed by atoms with Crippen LogP contribution < -0.4 is 5.32 Å². The first-order chi connectivity index (χ1) is 8.88. The van der Waals surface area contributed by atoms with E-state index in [4.69, 9.17) is 0 Å². The molecule has 1 atom stereocenters. The summed E-state index contributed by atoms with van der Waals surface area (Å²) in [6.45, 7) is 5.74. The molecule has 0 saturated carbocycles. The topological polar surface area (TPSA) is 24.9 Å². The van der Waals surface area contributed by atoms with E-state index in [1.165, 1.54) is 0 Å². The van der Waals surface area contributed by atoms with E-state index in [2.05, 4.69) is 26.2 Å². The average molecular weight is 347 g/mol. The van der Waals surface area contributed by atoms with E-state index in [1.54, 1.807) is 11.3 Å². The van der Waals surface area contributed by atoms with E-state index in [9.17, 15) is 8.78 Å². The minimum atomic E-state index is -0.492. The van der Waals surface area contributed by atoms with Crippen molar-refractivity contribution in [3.8, 4) is 0 Å². The highest BCUT2D eigenvalue weighted by Gasteiger charge is 2.15. The fourth-order valence-electron chi connectivity index (χ4n) is 1.88. The van der Waals surface area contributed by atoms with Gasteiger partial charge in [0.15, 0.2) is 0 Å². The van der Waals surface area contributed by atoms with Crippen molar-refractivity contribution in [2.24, 2.45) is 0 Å². The number of rotatable bonds is 3. The van der Waals surface area contributed by atoms with Gasteiger partial charge in [-0.15, -0.1) is 11.3 Å². The third kappa shape index (κ3) is 3.12. The smallest absolute Gasteiger partial charge is 0.147 e. The molecule has 0 aliphatic heterocycles. The van der Waals surface area contributed by atoms with Crippen molar-refractivity contribution in [1.29, 1.82) is 0 Å². The van der Waals surface area contributed by atoms with Crippen LogP contribution in [0.5, 0.6) is 0 Å². The number of aromatic nitrogens is 1. The van der Waals surface area contributed by atoms with Crippen molar-refractivity contribution in [1.82, 2.24) is 4.98 Å². The Bertz CT molecular complexity index is 613. The maximum Gasteiger partial charge on any atom is 0.147 e. The van der Waals surface area contributed by atoms with Crippen LogP contribution in [0.4, 0.5) is 14.5 Å². The van der Waals surface area contributed by atoms with Crippen LogP contribution in [0.25, 0.3) is 0 Å². The summed E-state index contributed by atoms with van der Waals surface area (Å²) in [5.41, 5.74) is 1.07. The second kappa shape index (κ2) is 5.54. The molecule has 0 aliphatic carbocycles. The van der Waals surface area contributed by atoms with Gasteiger partial charge in [-0.2, -0.15) is 0 Å². The van der Waals surface area contributed by atoms with Crippen molar-refractivity contribution >= 4 is 33.0 Å². The lowest BCUT2D eigenvalue weighted by Crippen LogP contribution is -2.08. The van der Waals surface area contributed by atoms with E-state index in [1.807, 2.05) is 20.8 Å². The van der Waals surface area contributed by atoms with E-state index in [-0.39, 0.29) is 16.2 Å². The molecule has 1 aromatic carbocycles. The van der Waals surface area contributed by atoms with E-state index < -0.39 is 11.6 Å². The zero-order valence-electron chi connectivity index (χ0n) is 10.7. The molecular formula is C13H13BrF2N2S. The molecule has 102 valence electrons. The first kappa shape index (κ1) is 14.4. The van der Waals surface area contributed by atoms with Crippen molar-refractivity contribution in [3.05, 3.63) is 43.8 Å². The lowest BCUT2D eigenvalue weighted by molar-refractivity contribution is 0.595. The normalized spacial score (nSPS) is 12.5. The SMILES string of the molecule is Cc1nc(C)c(C(C)Nc2cc(F)c(Br)cc2F)s1. The molecule has 0 radical (unpaired) electrons. The maximum absolute atomic E-state index is 13.7. The summed E-state index contributed by atoms with van der Waals surface area (Å²) in [7, 11) is 0. The monoisotopic (exact) mass is 346 g/mol. The highest BCUT2D eigenvalue weighted by molar-refractivity contribution is 9.10. The molecule has 0 saturated heterocycles. The summed E-state index contributed by atoms with van der Waals surface area (Å²) in [5.74, 6) is -0.979. The number of nitrogens with one attached hydrogen (secondary N) is 1. The van der Waals surface area contributed by atoms with Crippen LogP contribution in [-0.2, 0) is 0 Å². The Hall–Kier alpha value is -1.01. The summed E-state index contributed by atoms with van der Waals surface area (Å²) >= 11 is 4.51. The minimum absolute atomic E-state index is 0.119. The van der Waals surface area contributed by atoms with Crippen molar-refractivity contribution in [2.45, 2.75) is 26.8 Å². The van der Waals surface area contributed by atoms with Crippen molar-refractivity contribution in [2.75, 3.05) is 5.32 Å². The zero-order chi connectivity index (χ0) is 14.2. The molecule has 0 amide bonds. The number of anilines is 1. The molecule has 1 unspecified atom stereocenters. The zero-order valence-corrected chi connectivity index (χ0v) is 13.1. The molecule has 1 N–H and O–H groups in total. The largest absolute Gasteiger partial charge is 0.375 e. The van der Waals surface area contributed by atoms with Gasteiger partial charge in [0.05, 0.1) is 26.9 Å². The molecule has 6 heteroatoms. The van der Waals surface area contributed by atoms with E-state index in [0.717, 1.165) is 27.7 Å². The predicted molar refractivity (Wildman–Crippen MR) is 77.7 cm³/mol. The molecule has 0 fully saturated rings. The van der Waals surface area contributed by atoms with Gasteiger partial charge in [0.25, 0.3) is 0 Å². The summed E-state index contributed by atoms with van der Waals surface area (Å²) in [5, 5.41) is 3.94. The summed E-state index contributed by atoms with van der Waals surface area (Å²) in [6.07, 6.45) is 0. The molecule has 1 aromatic heterocycles. The van der Waals surface area contributed by atoms with E-state index in [0.29, 0.717) is 0 Å². The molecule has 2 rings (SSSR count). The van der Waals surface area contributed by atoms with Crippen LogP contribution in [0.1, 0.15) is 28.5 Å². The van der Waals surface area contributed by atoms with Gasteiger partial charge >= 0.3 is 0 Å². The Morgan fingerprint density at radius 1 is 1.26 bits per heavy atom. The van der Waals surface area contributed by atoms with E-state index >= 15 is 0 Å². The Morgan fingerprint density at radius 3 is 2.53 bits per heavy atom. The maximum atomic E-state index is 13.7. The summed E-state index contributed by atoms with van der Waals surface area (Å²) in [6, 6.07) is 2.15. The quantitative estimate of drug-likeness (QED) is 0.793. The van der Waals surface area contributed by atoms with Crippen LogP contribution in [0.15, 0.2) is 16.6 Å². The molecule has 0 bridgehead atoms. The summed E-state index contributed by atoms with van der Waals surface area (Å²) in [4.78, 5) is 5.36. The number of hydrogen-bond acceptors (Lipinski definition) is 3. The number of aryl methyl sites for hydroxylation is 2. The number of halogens is 3. The fourth-order valence-corrected chi connectivity index (χ4v) is 3.13. The number of thiazole rings is 1. The fraction of sp³-hybridized carbons (Fsp3) is 0.308. The third-order valence-corrected chi connectivity index (χ3v) is 4.58. The van der Waals surface area contributed by atoms with Gasteiger partial charge in [0.2, 0.25) is 0 Å². The van der Waals surface area contributed by atoms with Gasteiger partial charge in [-0.1, -0.05) is 0 Å². The Kier molecular flexibility index (Phi) is 4.20. The van der Waals surface area contributed by atoms with Gasteiger partial charge in [-0.05, 0) is 42.8 Å². The Morgan fingerprint density at radius 2 is 1.95 bits per heavy atom. The first-order valence-electron chi connectivity index (χ1n) is 5.73. The Labute approximate surface area is 123 Å². The second-order valence-corrected chi connectivity index (χ2v) is 6.38. The van der Waals surface area contributed by atoms with Gasteiger partial charge in [-0.25, -0.2) is 13.8 Å².